The summed E-state index contributed by atoms with van der Waals surface area (Å²) in [5.74, 6) is 1.37. The fourth-order valence-electron chi connectivity index (χ4n) is 2.95. The molecule has 1 N–H and O–H groups in total. The highest BCUT2D eigenvalue weighted by atomic mass is 16.1. The highest BCUT2D eigenvalue weighted by molar-refractivity contribution is 5.32. The molecule has 1 aromatic heterocycles. The highest BCUT2D eigenvalue weighted by Crippen LogP contribution is 2.27. The van der Waals surface area contributed by atoms with E-state index < -0.39 is 0 Å². The zero-order valence-electron chi connectivity index (χ0n) is 13.1. The molecule has 0 spiro atoms. The van der Waals surface area contributed by atoms with E-state index in [0.717, 1.165) is 18.8 Å². The Bertz CT molecular complexity index is 493. The maximum absolute atomic E-state index is 12.4. The van der Waals surface area contributed by atoms with Crippen molar-refractivity contribution in [3.63, 3.8) is 0 Å². The van der Waals surface area contributed by atoms with E-state index in [2.05, 4.69) is 17.2 Å². The van der Waals surface area contributed by atoms with Gasteiger partial charge in [-0.1, -0.05) is 13.3 Å². The molecule has 0 aliphatic heterocycles. The number of nitrogens with zero attached hydrogens (tertiary/aromatic N) is 2. The lowest BCUT2D eigenvalue weighted by Crippen LogP contribution is -2.37. The second-order valence-corrected chi connectivity index (χ2v) is 6.89. The molecule has 1 aliphatic carbocycles. The van der Waals surface area contributed by atoms with Crippen LogP contribution in [-0.4, -0.2) is 15.6 Å². The molecule has 0 bridgehead atoms. The number of hydrogen-bond donors (Lipinski definition) is 1. The Hall–Kier alpha value is -1.32. The molecule has 2 rings (SSSR count). The van der Waals surface area contributed by atoms with Gasteiger partial charge in [0.05, 0.1) is 0 Å². The molecule has 112 valence electrons. The van der Waals surface area contributed by atoms with E-state index in [1.807, 2.05) is 20.8 Å². The van der Waals surface area contributed by atoms with Gasteiger partial charge in [-0.15, -0.1) is 0 Å². The lowest BCUT2D eigenvalue weighted by molar-refractivity contribution is 0.329. The first kappa shape index (κ1) is 15.1. The Balaban J connectivity index is 2.09. The van der Waals surface area contributed by atoms with Crippen molar-refractivity contribution in [1.29, 1.82) is 0 Å². The first-order valence-corrected chi connectivity index (χ1v) is 7.76. The lowest BCUT2D eigenvalue weighted by Gasteiger charge is -2.29. The van der Waals surface area contributed by atoms with Gasteiger partial charge in [-0.05, 0) is 52.4 Å². The van der Waals surface area contributed by atoms with Crippen molar-refractivity contribution in [3.05, 3.63) is 22.7 Å². The van der Waals surface area contributed by atoms with Crippen LogP contribution in [0.25, 0.3) is 0 Å². The first-order chi connectivity index (χ1) is 9.41. The van der Waals surface area contributed by atoms with Crippen LogP contribution in [0.15, 0.2) is 17.2 Å². The molecule has 1 fully saturated rings. The van der Waals surface area contributed by atoms with Crippen LogP contribution in [0, 0.1) is 5.92 Å². The lowest BCUT2D eigenvalue weighted by atomic mass is 9.84. The van der Waals surface area contributed by atoms with Gasteiger partial charge >= 0.3 is 0 Å². The van der Waals surface area contributed by atoms with Gasteiger partial charge in [0.15, 0.2) is 5.82 Å². The average Bonchev–Trinajstić information content (AvgIpc) is 2.40. The van der Waals surface area contributed by atoms with Gasteiger partial charge in [-0.2, -0.15) is 0 Å². The summed E-state index contributed by atoms with van der Waals surface area (Å²) in [5, 5.41) is 3.36. The van der Waals surface area contributed by atoms with Gasteiger partial charge in [0.1, 0.15) is 0 Å². The highest BCUT2D eigenvalue weighted by Gasteiger charge is 2.22. The topological polar surface area (TPSA) is 46.9 Å². The Morgan fingerprint density at radius 2 is 1.95 bits per heavy atom. The predicted molar refractivity (Wildman–Crippen MR) is 83.2 cm³/mol. The fraction of sp³-hybridized carbons (Fsp3) is 0.750. The summed E-state index contributed by atoms with van der Waals surface area (Å²) in [6, 6.07) is 0.397. The SMILES string of the molecule is CCC1CCC(Nc2nccn(C(C)(C)C)c2=O)CC1. The molecule has 0 radical (unpaired) electrons. The van der Waals surface area contributed by atoms with Crippen molar-refractivity contribution >= 4 is 5.82 Å². The van der Waals surface area contributed by atoms with E-state index in [9.17, 15) is 4.79 Å². The van der Waals surface area contributed by atoms with Gasteiger partial charge in [0.25, 0.3) is 5.56 Å². The van der Waals surface area contributed by atoms with Gasteiger partial charge in [-0.3, -0.25) is 4.79 Å². The quantitative estimate of drug-likeness (QED) is 0.921. The molecule has 0 amide bonds. The van der Waals surface area contributed by atoms with Crippen molar-refractivity contribution in [1.82, 2.24) is 9.55 Å². The maximum Gasteiger partial charge on any atom is 0.293 e. The summed E-state index contributed by atoms with van der Waals surface area (Å²) < 4.78 is 1.75. The minimum Gasteiger partial charge on any atom is -0.363 e. The summed E-state index contributed by atoms with van der Waals surface area (Å²) in [6.45, 7) is 8.36. The molecule has 0 unspecified atom stereocenters. The Morgan fingerprint density at radius 1 is 1.30 bits per heavy atom. The van der Waals surface area contributed by atoms with Crippen molar-refractivity contribution in [2.45, 2.75) is 71.4 Å². The number of nitrogens with one attached hydrogen (secondary N) is 1. The van der Waals surface area contributed by atoms with Gasteiger partial charge < -0.3 is 9.88 Å². The molecule has 0 saturated heterocycles. The van der Waals surface area contributed by atoms with Crippen molar-refractivity contribution in [3.8, 4) is 0 Å². The average molecular weight is 277 g/mol. The van der Waals surface area contributed by atoms with Crippen LogP contribution in [0.2, 0.25) is 0 Å². The smallest absolute Gasteiger partial charge is 0.293 e. The standard InChI is InChI=1S/C16H27N3O/c1-5-12-6-8-13(9-7-12)18-14-15(20)19(11-10-17-14)16(2,3)4/h10-13H,5-9H2,1-4H3,(H,17,18). The molecule has 0 atom stereocenters. The fourth-order valence-corrected chi connectivity index (χ4v) is 2.95. The van der Waals surface area contributed by atoms with E-state index in [0.29, 0.717) is 11.9 Å². The third-order valence-electron chi connectivity index (χ3n) is 4.33. The minimum atomic E-state index is -0.212. The van der Waals surface area contributed by atoms with Gasteiger partial charge in [0, 0.05) is 24.0 Å². The zero-order valence-corrected chi connectivity index (χ0v) is 13.1. The van der Waals surface area contributed by atoms with Crippen molar-refractivity contribution in [2.24, 2.45) is 5.92 Å². The second kappa shape index (κ2) is 5.98. The van der Waals surface area contributed by atoms with E-state index >= 15 is 0 Å². The Morgan fingerprint density at radius 3 is 2.50 bits per heavy atom. The molecule has 4 heteroatoms. The second-order valence-electron chi connectivity index (χ2n) is 6.89. The largest absolute Gasteiger partial charge is 0.363 e. The molecular weight excluding hydrogens is 250 g/mol. The molecule has 0 aromatic carbocycles. The molecule has 4 nitrogen and oxygen atoms in total. The summed E-state index contributed by atoms with van der Waals surface area (Å²) in [5.41, 5.74) is -0.228. The van der Waals surface area contributed by atoms with E-state index in [-0.39, 0.29) is 11.1 Å². The Labute approximate surface area is 121 Å². The third-order valence-corrected chi connectivity index (χ3v) is 4.33. The van der Waals surface area contributed by atoms with Crippen LogP contribution in [-0.2, 0) is 5.54 Å². The monoisotopic (exact) mass is 277 g/mol. The number of anilines is 1. The van der Waals surface area contributed by atoms with Crippen molar-refractivity contribution < 1.29 is 0 Å². The molecule has 1 saturated carbocycles. The van der Waals surface area contributed by atoms with Gasteiger partial charge in [-0.25, -0.2) is 4.98 Å². The zero-order chi connectivity index (χ0) is 14.8. The van der Waals surface area contributed by atoms with Crippen LogP contribution < -0.4 is 10.9 Å². The Kier molecular flexibility index (Phi) is 4.51. The van der Waals surface area contributed by atoms with Crippen LogP contribution in [0.1, 0.15) is 59.8 Å². The first-order valence-electron chi connectivity index (χ1n) is 7.76. The van der Waals surface area contributed by atoms with Gasteiger partial charge in [0.2, 0.25) is 0 Å². The molecule has 1 heterocycles. The van der Waals surface area contributed by atoms with E-state index in [4.69, 9.17) is 0 Å². The number of hydrogen-bond acceptors (Lipinski definition) is 3. The summed E-state index contributed by atoms with van der Waals surface area (Å²) >= 11 is 0. The maximum atomic E-state index is 12.4. The van der Waals surface area contributed by atoms with Crippen LogP contribution in [0.3, 0.4) is 0 Å². The number of rotatable bonds is 3. The predicted octanol–water partition coefficient (Wildman–Crippen LogP) is 3.38. The molecule has 1 aromatic rings. The summed E-state index contributed by atoms with van der Waals surface area (Å²) in [6.07, 6.45) is 9.55. The van der Waals surface area contributed by atoms with E-state index in [1.165, 1.54) is 19.3 Å². The van der Waals surface area contributed by atoms with Crippen LogP contribution >= 0.6 is 0 Å². The molecule has 20 heavy (non-hydrogen) atoms. The molecule has 1 aliphatic rings. The third kappa shape index (κ3) is 3.41. The van der Waals surface area contributed by atoms with Crippen molar-refractivity contribution in [2.75, 3.05) is 5.32 Å². The molecular formula is C16H27N3O. The van der Waals surface area contributed by atoms with Crippen LogP contribution in [0.5, 0.6) is 0 Å². The normalized spacial score (nSPS) is 23.6. The summed E-state index contributed by atoms with van der Waals surface area (Å²) in [4.78, 5) is 16.7. The van der Waals surface area contributed by atoms with E-state index in [1.54, 1.807) is 17.0 Å². The summed E-state index contributed by atoms with van der Waals surface area (Å²) in [7, 11) is 0. The number of aromatic nitrogens is 2. The van der Waals surface area contributed by atoms with Crippen LogP contribution in [0.4, 0.5) is 5.82 Å². The minimum absolute atomic E-state index is 0.0161.